The maximum absolute atomic E-state index is 9.59. The smallest absolute Gasteiger partial charge is 0.399 e. The Morgan fingerprint density at radius 2 is 1.76 bits per heavy atom. The quantitative estimate of drug-likeness (QED) is 0.448. The normalized spacial score (nSPS) is 19.8. The third-order valence-corrected chi connectivity index (χ3v) is 6.75. The van der Waals surface area contributed by atoms with Gasteiger partial charge in [0.1, 0.15) is 5.92 Å². The molecule has 160 valence electrons. The zero-order valence-corrected chi connectivity index (χ0v) is 19.0. The number of aromatic nitrogens is 1. The van der Waals surface area contributed by atoms with E-state index >= 15 is 0 Å². The number of benzene rings is 2. The monoisotopic (exact) mass is 431 g/mol. The van der Waals surface area contributed by atoms with Gasteiger partial charge in [0.25, 0.3) is 0 Å². The highest BCUT2D eigenvalue weighted by atomic mass is 16.7. The van der Waals surface area contributed by atoms with Gasteiger partial charge in [0, 0.05) is 16.5 Å². The molecule has 1 fully saturated rings. The molecule has 1 aromatic heterocycles. The lowest BCUT2D eigenvalue weighted by molar-refractivity contribution is 0.00578. The molecule has 0 radical (unpaired) electrons. The van der Waals surface area contributed by atoms with E-state index in [0.717, 1.165) is 33.3 Å². The number of hydrogen-bond acceptors (Lipinski definition) is 4. The number of rotatable bonds is 2. The number of fused-ring (bicyclic) bond motifs is 3. The molecule has 0 amide bonds. The molecule has 0 saturated carbocycles. The summed E-state index contributed by atoms with van der Waals surface area (Å²) < 4.78 is 14.9. The van der Waals surface area contributed by atoms with Gasteiger partial charge in [-0.25, -0.2) is 0 Å². The third-order valence-electron chi connectivity index (χ3n) is 6.75. The summed E-state index contributed by atoms with van der Waals surface area (Å²) in [5, 5.41) is 20.0. The fourth-order valence-electron chi connectivity index (χ4n) is 4.26. The molecule has 1 atom stereocenters. The van der Waals surface area contributed by atoms with Crippen LogP contribution in [0.4, 0.5) is 0 Å². The van der Waals surface area contributed by atoms with Crippen LogP contribution in [-0.2, 0) is 9.31 Å². The van der Waals surface area contributed by atoms with Crippen molar-refractivity contribution in [3.63, 3.8) is 0 Å². The van der Waals surface area contributed by atoms with Gasteiger partial charge in [-0.05, 0) is 58.0 Å². The zero-order valence-electron chi connectivity index (χ0n) is 19.0. The van der Waals surface area contributed by atoms with E-state index in [1.54, 1.807) is 6.07 Å². The molecule has 0 spiro atoms. The zero-order chi connectivity index (χ0) is 23.4. The van der Waals surface area contributed by atoms with Gasteiger partial charge in [-0.2, -0.15) is 10.5 Å². The van der Waals surface area contributed by atoms with E-state index in [1.807, 2.05) is 76.2 Å². The second kappa shape index (κ2) is 7.40. The molecule has 3 aromatic rings. The minimum atomic E-state index is -0.636. The summed E-state index contributed by atoms with van der Waals surface area (Å²) in [4.78, 5) is 0. The number of nitriles is 2. The fourth-order valence-corrected chi connectivity index (χ4v) is 4.26. The Bertz CT molecular complexity index is 1460. The Labute approximate surface area is 194 Å². The molecule has 1 unspecified atom stereocenters. The van der Waals surface area contributed by atoms with E-state index in [4.69, 9.17) is 9.31 Å². The van der Waals surface area contributed by atoms with Crippen molar-refractivity contribution in [1.29, 1.82) is 10.5 Å². The minimum Gasteiger partial charge on any atom is -0.399 e. The van der Waals surface area contributed by atoms with Crippen molar-refractivity contribution in [2.45, 2.75) is 38.9 Å². The van der Waals surface area contributed by atoms with E-state index in [2.05, 4.69) is 28.5 Å². The minimum absolute atomic E-state index is 0.465. The highest BCUT2D eigenvalue weighted by Crippen LogP contribution is 2.38. The van der Waals surface area contributed by atoms with Crippen molar-refractivity contribution in [2.75, 3.05) is 0 Å². The van der Waals surface area contributed by atoms with Crippen LogP contribution in [-0.4, -0.2) is 22.9 Å². The molecule has 1 aliphatic carbocycles. The number of hydrogen-bond donors (Lipinski definition) is 0. The van der Waals surface area contributed by atoms with Crippen LogP contribution in [0, 0.1) is 40.4 Å². The summed E-state index contributed by atoms with van der Waals surface area (Å²) in [5.74, 6) is 5.81. The van der Waals surface area contributed by atoms with Crippen LogP contribution in [0.1, 0.15) is 44.5 Å². The number of para-hydroxylation sites is 1. The van der Waals surface area contributed by atoms with Gasteiger partial charge in [-0.15, -0.1) is 0 Å². The molecular formula is C27H22BN3O2. The number of nitrogens with zero attached hydrogens (tertiary/aromatic N) is 3. The molecule has 0 bridgehead atoms. The fraction of sp³-hybridized carbons (Fsp3) is 0.259. The van der Waals surface area contributed by atoms with Crippen molar-refractivity contribution in [3.8, 4) is 29.7 Å². The topological polar surface area (TPSA) is 71.0 Å². The second-order valence-electron chi connectivity index (χ2n) is 9.32. The van der Waals surface area contributed by atoms with Gasteiger partial charge in [-0.1, -0.05) is 36.1 Å². The first-order chi connectivity index (χ1) is 15.8. The second-order valence-corrected chi connectivity index (χ2v) is 9.32. The summed E-state index contributed by atoms with van der Waals surface area (Å²) in [5.41, 5.74) is 3.89. The summed E-state index contributed by atoms with van der Waals surface area (Å²) in [6.07, 6.45) is 3.77. The van der Waals surface area contributed by atoms with Gasteiger partial charge in [0.2, 0.25) is 0 Å². The van der Waals surface area contributed by atoms with Crippen LogP contribution in [0.25, 0.3) is 22.7 Å². The Kier molecular flexibility index (Phi) is 4.73. The van der Waals surface area contributed by atoms with Crippen molar-refractivity contribution < 1.29 is 9.31 Å². The predicted molar refractivity (Wildman–Crippen MR) is 129 cm³/mol. The Balaban J connectivity index is 1.79. The first-order valence-corrected chi connectivity index (χ1v) is 10.9. The van der Waals surface area contributed by atoms with Gasteiger partial charge in [0.15, 0.2) is 0 Å². The van der Waals surface area contributed by atoms with Crippen LogP contribution in [0.15, 0.2) is 48.5 Å². The Morgan fingerprint density at radius 3 is 2.45 bits per heavy atom. The van der Waals surface area contributed by atoms with E-state index in [9.17, 15) is 10.5 Å². The van der Waals surface area contributed by atoms with Crippen LogP contribution in [0.5, 0.6) is 0 Å². The van der Waals surface area contributed by atoms with Crippen LogP contribution < -0.4 is 5.46 Å². The lowest BCUT2D eigenvalue weighted by Gasteiger charge is -2.32. The first-order valence-electron chi connectivity index (χ1n) is 10.9. The molecule has 6 heteroatoms. The molecule has 2 aromatic carbocycles. The van der Waals surface area contributed by atoms with E-state index in [1.165, 1.54) is 0 Å². The molecule has 2 heterocycles. The summed E-state index contributed by atoms with van der Waals surface area (Å²) >= 11 is 0. The average molecular weight is 431 g/mol. The van der Waals surface area contributed by atoms with Crippen molar-refractivity contribution in [1.82, 2.24) is 4.57 Å². The highest BCUT2D eigenvalue weighted by molar-refractivity contribution is 6.63. The lowest BCUT2D eigenvalue weighted by atomic mass is 9.77. The maximum Gasteiger partial charge on any atom is 0.497 e. The van der Waals surface area contributed by atoms with Gasteiger partial charge >= 0.3 is 7.12 Å². The van der Waals surface area contributed by atoms with E-state index < -0.39 is 24.2 Å². The van der Waals surface area contributed by atoms with Crippen molar-refractivity contribution in [2.24, 2.45) is 5.92 Å². The van der Waals surface area contributed by atoms with Crippen molar-refractivity contribution in [3.05, 3.63) is 65.4 Å². The van der Waals surface area contributed by atoms with E-state index in [0.29, 0.717) is 5.56 Å². The molecule has 5 nitrogen and oxygen atoms in total. The molecule has 2 aliphatic rings. The molecule has 0 N–H and O–H groups in total. The Hall–Kier alpha value is -3.76. The molecule has 33 heavy (non-hydrogen) atoms. The molecule has 5 rings (SSSR count). The van der Waals surface area contributed by atoms with Crippen LogP contribution >= 0.6 is 0 Å². The summed E-state index contributed by atoms with van der Waals surface area (Å²) in [7, 11) is -0.636. The SMILES string of the molecule is CC1(C)OB(c2cc(C#N)ccc2-n2c3c(c4ccccc42)C#CC(C#N)C=C3)OC1(C)C. The number of allylic oxidation sites excluding steroid dienone is 1. The molecule has 1 aliphatic heterocycles. The maximum atomic E-state index is 9.59. The Morgan fingerprint density at radius 1 is 1.03 bits per heavy atom. The lowest BCUT2D eigenvalue weighted by Crippen LogP contribution is -2.41. The van der Waals surface area contributed by atoms with Crippen molar-refractivity contribution >= 4 is 29.6 Å². The summed E-state index contributed by atoms with van der Waals surface area (Å²) in [6.45, 7) is 8.05. The van der Waals surface area contributed by atoms with Crippen LogP contribution in [0.2, 0.25) is 0 Å². The van der Waals surface area contributed by atoms with Gasteiger partial charge in [0.05, 0.1) is 45.7 Å². The van der Waals surface area contributed by atoms with Gasteiger partial charge < -0.3 is 13.9 Å². The van der Waals surface area contributed by atoms with Gasteiger partial charge in [-0.3, -0.25) is 0 Å². The average Bonchev–Trinajstić information content (AvgIpc) is 3.10. The highest BCUT2D eigenvalue weighted by Gasteiger charge is 2.52. The standard InChI is InChI=1S/C27H22BN3O2/c1-26(2)27(3,4)33-28(32-26)22-15-19(17-30)11-14-25(22)31-23-8-6-5-7-20(23)21-12-9-18(16-29)10-13-24(21)31/h5-8,10-11,13-15,18H,1-4H3. The predicted octanol–water partition coefficient (Wildman–Crippen LogP) is 4.32. The summed E-state index contributed by atoms with van der Waals surface area (Å²) in [6, 6.07) is 18.1. The van der Waals surface area contributed by atoms with Crippen LogP contribution in [0.3, 0.4) is 0 Å². The third kappa shape index (κ3) is 3.26. The molecule has 1 saturated heterocycles. The van der Waals surface area contributed by atoms with E-state index in [-0.39, 0.29) is 0 Å². The largest absolute Gasteiger partial charge is 0.497 e. The molecular weight excluding hydrogens is 409 g/mol. The first kappa shape index (κ1) is 21.1.